The second-order valence-corrected chi connectivity index (χ2v) is 2.38. The van der Waals surface area contributed by atoms with Gasteiger partial charge in [-0.2, -0.15) is 26.3 Å². The number of halogens is 6. The summed E-state index contributed by atoms with van der Waals surface area (Å²) in [5.74, 6) is 0. The molecule has 0 heterocycles. The summed E-state index contributed by atoms with van der Waals surface area (Å²) in [4.78, 5) is 0. The summed E-state index contributed by atoms with van der Waals surface area (Å²) < 4.78 is 70.1. The molecule has 0 radical (unpaired) electrons. The van der Waals surface area contributed by atoms with Crippen molar-refractivity contribution in [1.82, 2.24) is 0 Å². The summed E-state index contributed by atoms with van der Waals surface area (Å²) in [5.41, 5.74) is -2.90. The minimum Gasteiger partial charge on any atom is -0.166 e. The quantitative estimate of drug-likeness (QED) is 0.476. The topological polar surface area (TPSA) is 0 Å². The third kappa shape index (κ3) is 4.00. The van der Waals surface area contributed by atoms with Crippen LogP contribution in [0.3, 0.4) is 0 Å². The van der Waals surface area contributed by atoms with E-state index in [1.54, 1.807) is 0 Å². The number of alkyl halides is 6. The van der Waals surface area contributed by atoms with Gasteiger partial charge >= 0.3 is 12.4 Å². The zero-order valence-corrected chi connectivity index (χ0v) is 6.39. The van der Waals surface area contributed by atoms with Crippen molar-refractivity contribution in [3.8, 4) is 0 Å². The van der Waals surface area contributed by atoms with Crippen LogP contribution < -0.4 is 0 Å². The van der Waals surface area contributed by atoms with Crippen molar-refractivity contribution in [1.29, 1.82) is 0 Å². The molecule has 0 nitrogen and oxygen atoms in total. The molecule has 0 unspecified atom stereocenters. The van der Waals surface area contributed by atoms with Crippen molar-refractivity contribution in [3.63, 3.8) is 0 Å². The third-order valence-corrected chi connectivity index (χ3v) is 1.23. The molecule has 0 bridgehead atoms. The second kappa shape index (κ2) is 3.43. The largest absolute Gasteiger partial charge is 0.412 e. The molecule has 13 heavy (non-hydrogen) atoms. The van der Waals surface area contributed by atoms with Crippen molar-refractivity contribution in [2.24, 2.45) is 0 Å². The van der Waals surface area contributed by atoms with Crippen LogP contribution in [0.15, 0.2) is 24.3 Å². The van der Waals surface area contributed by atoms with E-state index < -0.39 is 29.9 Å². The van der Waals surface area contributed by atoms with Gasteiger partial charge in [-0.25, -0.2) is 0 Å². The first-order valence-electron chi connectivity index (χ1n) is 3.05. The van der Waals surface area contributed by atoms with Crippen LogP contribution in [0, 0.1) is 0 Å². The number of hydrogen-bond donors (Lipinski definition) is 0. The SMILES string of the molecule is C=C(CC(=C)C(F)(F)F)C(F)(F)F. The van der Waals surface area contributed by atoms with Crippen molar-refractivity contribution in [2.75, 3.05) is 0 Å². The highest BCUT2D eigenvalue weighted by Gasteiger charge is 2.38. The first kappa shape index (κ1) is 12.1. The fourth-order valence-electron chi connectivity index (χ4n) is 0.458. The Labute approximate surface area is 70.5 Å². The lowest BCUT2D eigenvalue weighted by molar-refractivity contribution is -0.104. The predicted molar refractivity (Wildman–Crippen MR) is 35.0 cm³/mol. The first-order valence-corrected chi connectivity index (χ1v) is 3.05. The fraction of sp³-hybridized carbons (Fsp3) is 0.429. The zero-order chi connectivity index (χ0) is 10.9. The lowest BCUT2D eigenvalue weighted by atomic mass is 10.1. The molecular weight excluding hydrogens is 198 g/mol. The molecule has 6 heteroatoms. The maximum absolute atomic E-state index is 11.7. The molecule has 0 saturated heterocycles. The van der Waals surface area contributed by atoms with Crippen LogP contribution in [0.25, 0.3) is 0 Å². The van der Waals surface area contributed by atoms with E-state index in [0.717, 1.165) is 0 Å². The van der Waals surface area contributed by atoms with Crippen LogP contribution >= 0.6 is 0 Å². The molecule has 0 amide bonds. The Morgan fingerprint density at radius 2 is 1.00 bits per heavy atom. The highest BCUT2D eigenvalue weighted by molar-refractivity contribution is 5.17. The smallest absolute Gasteiger partial charge is 0.166 e. The van der Waals surface area contributed by atoms with Crippen LogP contribution in [0.5, 0.6) is 0 Å². The van der Waals surface area contributed by atoms with E-state index in [1.165, 1.54) is 0 Å². The second-order valence-electron chi connectivity index (χ2n) is 2.38. The van der Waals surface area contributed by atoms with E-state index in [1.807, 2.05) is 0 Å². The molecule has 0 N–H and O–H groups in total. The summed E-state index contributed by atoms with van der Waals surface area (Å²) in [7, 11) is 0. The summed E-state index contributed by atoms with van der Waals surface area (Å²) in [5, 5.41) is 0. The molecule has 0 saturated carbocycles. The summed E-state index contributed by atoms with van der Waals surface area (Å²) in [6.45, 7) is 4.99. The monoisotopic (exact) mass is 204 g/mol. The predicted octanol–water partition coefficient (Wildman–Crippen LogP) is 3.61. The molecule has 0 aromatic rings. The van der Waals surface area contributed by atoms with Gasteiger partial charge in [-0.05, 0) is 0 Å². The van der Waals surface area contributed by atoms with Gasteiger partial charge in [-0.1, -0.05) is 13.2 Å². The average molecular weight is 204 g/mol. The van der Waals surface area contributed by atoms with Gasteiger partial charge in [0.1, 0.15) is 0 Å². The lowest BCUT2D eigenvalue weighted by Gasteiger charge is -2.13. The van der Waals surface area contributed by atoms with Crippen molar-refractivity contribution >= 4 is 0 Å². The summed E-state index contributed by atoms with van der Waals surface area (Å²) in [6, 6.07) is 0. The van der Waals surface area contributed by atoms with Gasteiger partial charge in [-0.3, -0.25) is 0 Å². The molecule has 0 rings (SSSR count). The van der Waals surface area contributed by atoms with Crippen LogP contribution in [0.2, 0.25) is 0 Å². The molecule has 0 atom stereocenters. The molecule has 0 aromatic carbocycles. The van der Waals surface area contributed by atoms with Gasteiger partial charge in [0, 0.05) is 17.6 Å². The molecule has 0 fully saturated rings. The number of rotatable bonds is 2. The van der Waals surface area contributed by atoms with Gasteiger partial charge in [0.15, 0.2) is 0 Å². The summed E-state index contributed by atoms with van der Waals surface area (Å²) >= 11 is 0. The molecule has 76 valence electrons. The van der Waals surface area contributed by atoms with Gasteiger partial charge in [0.05, 0.1) is 0 Å². The molecule has 0 aromatic heterocycles. The van der Waals surface area contributed by atoms with Crippen LogP contribution in [0.1, 0.15) is 6.42 Å². The van der Waals surface area contributed by atoms with Gasteiger partial charge in [-0.15, -0.1) is 0 Å². The molecule has 0 aliphatic carbocycles. The number of allylic oxidation sites excluding steroid dienone is 2. The minimum atomic E-state index is -4.80. The Morgan fingerprint density at radius 3 is 1.15 bits per heavy atom. The Morgan fingerprint density at radius 1 is 0.769 bits per heavy atom. The minimum absolute atomic E-state index is 1.30. The van der Waals surface area contributed by atoms with Crippen LogP contribution in [-0.4, -0.2) is 12.4 Å². The fourth-order valence-corrected chi connectivity index (χ4v) is 0.458. The Balaban J connectivity index is 4.34. The van der Waals surface area contributed by atoms with E-state index >= 15 is 0 Å². The van der Waals surface area contributed by atoms with Crippen molar-refractivity contribution in [3.05, 3.63) is 24.3 Å². The molecular formula is C7H6F6. The summed E-state index contributed by atoms with van der Waals surface area (Å²) in [6.07, 6.45) is -10.9. The maximum Gasteiger partial charge on any atom is 0.412 e. The van der Waals surface area contributed by atoms with Gasteiger partial charge in [0.2, 0.25) is 0 Å². The van der Waals surface area contributed by atoms with E-state index in [0.29, 0.717) is 0 Å². The van der Waals surface area contributed by atoms with E-state index in [-0.39, 0.29) is 0 Å². The van der Waals surface area contributed by atoms with E-state index in [2.05, 4.69) is 13.2 Å². The highest BCUT2D eigenvalue weighted by atomic mass is 19.4. The van der Waals surface area contributed by atoms with Gasteiger partial charge < -0.3 is 0 Å². The maximum atomic E-state index is 11.7. The Bertz CT molecular complexity index is 194. The highest BCUT2D eigenvalue weighted by Crippen LogP contribution is 2.34. The standard InChI is InChI=1S/C7H6F6/c1-4(6(8,9)10)3-5(2)7(11,12)13/h1-3H2. The Hall–Kier alpha value is -0.940. The first-order chi connectivity index (χ1) is 5.55. The van der Waals surface area contributed by atoms with Crippen molar-refractivity contribution in [2.45, 2.75) is 18.8 Å². The molecule has 0 aliphatic rings. The van der Waals surface area contributed by atoms with Crippen LogP contribution in [-0.2, 0) is 0 Å². The lowest BCUT2D eigenvalue weighted by Crippen LogP contribution is -2.17. The Kier molecular flexibility index (Phi) is 3.18. The average Bonchev–Trinajstić information content (AvgIpc) is 1.82. The third-order valence-electron chi connectivity index (χ3n) is 1.23. The van der Waals surface area contributed by atoms with Gasteiger partial charge in [0.25, 0.3) is 0 Å². The molecule has 0 spiro atoms. The molecule has 0 aliphatic heterocycles. The van der Waals surface area contributed by atoms with E-state index in [9.17, 15) is 26.3 Å². The van der Waals surface area contributed by atoms with Crippen LogP contribution in [0.4, 0.5) is 26.3 Å². The van der Waals surface area contributed by atoms with Crippen molar-refractivity contribution < 1.29 is 26.3 Å². The normalized spacial score (nSPS) is 12.8. The number of hydrogen-bond acceptors (Lipinski definition) is 0. The van der Waals surface area contributed by atoms with E-state index in [4.69, 9.17) is 0 Å². The zero-order valence-electron chi connectivity index (χ0n) is 6.39.